The third-order valence-electron chi connectivity index (χ3n) is 2.08. The number of ether oxygens (including phenoxy) is 1. The molecule has 0 amide bonds. The average molecular weight is 302 g/mol. The summed E-state index contributed by atoms with van der Waals surface area (Å²) >= 11 is 3.33. The fraction of sp³-hybridized carbons (Fsp3) is 0.417. The molecule has 2 N–H and O–H groups in total. The van der Waals surface area contributed by atoms with Gasteiger partial charge in [-0.1, -0.05) is 0 Å². The molecule has 0 fully saturated rings. The molecule has 0 atom stereocenters. The van der Waals surface area contributed by atoms with Crippen LogP contribution in [0.5, 0.6) is 0 Å². The summed E-state index contributed by atoms with van der Waals surface area (Å²) in [6, 6.07) is 4.88. The summed E-state index contributed by atoms with van der Waals surface area (Å²) in [7, 11) is 0. The van der Waals surface area contributed by atoms with Crippen molar-refractivity contribution in [1.82, 2.24) is 0 Å². The highest BCUT2D eigenvalue weighted by molar-refractivity contribution is 9.10. The number of hydrogen-bond donors (Lipinski definition) is 2. The quantitative estimate of drug-likeness (QED) is 0.793. The molecule has 0 heterocycles. The Morgan fingerprint density at radius 2 is 2.24 bits per heavy atom. The van der Waals surface area contributed by atoms with Gasteiger partial charge in [-0.05, 0) is 48.0 Å². The van der Waals surface area contributed by atoms with Crippen molar-refractivity contribution in [3.8, 4) is 0 Å². The van der Waals surface area contributed by atoms with Crippen LogP contribution in [-0.4, -0.2) is 30.3 Å². The van der Waals surface area contributed by atoms with Crippen molar-refractivity contribution < 1.29 is 14.6 Å². The summed E-state index contributed by atoms with van der Waals surface area (Å²) in [4.78, 5) is 10.7. The van der Waals surface area contributed by atoms with E-state index >= 15 is 0 Å². The van der Waals surface area contributed by atoms with E-state index in [0.29, 0.717) is 13.2 Å². The van der Waals surface area contributed by atoms with E-state index in [0.717, 1.165) is 10.2 Å². The first-order valence-electron chi connectivity index (χ1n) is 5.39. The highest BCUT2D eigenvalue weighted by atomic mass is 79.9. The van der Waals surface area contributed by atoms with Gasteiger partial charge in [0.15, 0.2) is 0 Å². The van der Waals surface area contributed by atoms with Gasteiger partial charge in [0.2, 0.25) is 0 Å². The summed E-state index contributed by atoms with van der Waals surface area (Å²) in [6.45, 7) is 5.27. The maximum atomic E-state index is 10.7. The second-order valence-corrected chi connectivity index (χ2v) is 4.70. The van der Waals surface area contributed by atoms with Crippen molar-refractivity contribution >= 4 is 27.6 Å². The molecule has 0 spiro atoms. The van der Waals surface area contributed by atoms with Crippen LogP contribution in [0, 0.1) is 0 Å². The molecule has 0 saturated heterocycles. The smallest absolute Gasteiger partial charge is 0.335 e. The van der Waals surface area contributed by atoms with E-state index in [-0.39, 0.29) is 11.7 Å². The number of benzene rings is 1. The second kappa shape index (κ2) is 6.61. The molecule has 0 aliphatic heterocycles. The Balaban J connectivity index is 2.52. The summed E-state index contributed by atoms with van der Waals surface area (Å²) in [6.07, 6.45) is 0.217. The molecule has 1 rings (SSSR count). The van der Waals surface area contributed by atoms with Crippen LogP contribution in [0.1, 0.15) is 24.2 Å². The molecule has 0 saturated carbocycles. The van der Waals surface area contributed by atoms with Crippen molar-refractivity contribution in [1.29, 1.82) is 0 Å². The zero-order valence-electron chi connectivity index (χ0n) is 9.87. The molecule has 0 radical (unpaired) electrons. The second-order valence-electron chi connectivity index (χ2n) is 3.85. The molecule has 5 heteroatoms. The van der Waals surface area contributed by atoms with Crippen LogP contribution in [-0.2, 0) is 4.74 Å². The van der Waals surface area contributed by atoms with Crippen LogP contribution < -0.4 is 5.32 Å². The minimum Gasteiger partial charge on any atom is -0.478 e. The van der Waals surface area contributed by atoms with Crippen LogP contribution in [0.2, 0.25) is 0 Å². The molecular formula is C12H16BrNO3. The van der Waals surface area contributed by atoms with Gasteiger partial charge in [-0.3, -0.25) is 0 Å². The van der Waals surface area contributed by atoms with E-state index in [1.54, 1.807) is 18.2 Å². The highest BCUT2D eigenvalue weighted by Gasteiger charge is 2.06. The number of aromatic carboxylic acids is 1. The van der Waals surface area contributed by atoms with Crippen LogP contribution >= 0.6 is 15.9 Å². The fourth-order valence-corrected chi connectivity index (χ4v) is 1.79. The first kappa shape index (κ1) is 14.0. The summed E-state index contributed by atoms with van der Waals surface area (Å²) in [5.74, 6) is -0.930. The van der Waals surface area contributed by atoms with E-state index < -0.39 is 5.97 Å². The molecule has 0 unspecified atom stereocenters. The molecule has 17 heavy (non-hydrogen) atoms. The zero-order chi connectivity index (χ0) is 12.8. The van der Waals surface area contributed by atoms with Crippen molar-refractivity contribution in [3.63, 3.8) is 0 Å². The summed E-state index contributed by atoms with van der Waals surface area (Å²) in [5, 5.41) is 12.0. The Labute approximate surface area is 109 Å². The van der Waals surface area contributed by atoms with Gasteiger partial charge in [0, 0.05) is 16.7 Å². The lowest BCUT2D eigenvalue weighted by Crippen LogP contribution is -2.13. The van der Waals surface area contributed by atoms with Gasteiger partial charge in [0.05, 0.1) is 18.3 Å². The van der Waals surface area contributed by atoms with Crippen LogP contribution in [0.15, 0.2) is 22.7 Å². The van der Waals surface area contributed by atoms with Crippen molar-refractivity contribution in [2.45, 2.75) is 20.0 Å². The Bertz CT molecular complexity index is 393. The molecule has 1 aromatic rings. The predicted molar refractivity (Wildman–Crippen MR) is 70.7 cm³/mol. The van der Waals surface area contributed by atoms with E-state index in [1.165, 1.54) is 0 Å². The van der Waals surface area contributed by atoms with Crippen molar-refractivity contribution in [2.24, 2.45) is 0 Å². The fourth-order valence-electron chi connectivity index (χ4n) is 1.27. The Morgan fingerprint density at radius 3 is 2.76 bits per heavy atom. The van der Waals surface area contributed by atoms with E-state index in [9.17, 15) is 4.79 Å². The number of carboxylic acids is 1. The van der Waals surface area contributed by atoms with Gasteiger partial charge in [-0.2, -0.15) is 0 Å². The number of anilines is 1. The lowest BCUT2D eigenvalue weighted by Gasteiger charge is -2.11. The highest BCUT2D eigenvalue weighted by Crippen LogP contribution is 2.23. The Morgan fingerprint density at radius 1 is 1.53 bits per heavy atom. The third kappa shape index (κ3) is 4.75. The monoisotopic (exact) mass is 301 g/mol. The number of rotatable bonds is 6. The maximum absolute atomic E-state index is 10.7. The number of carbonyl (C=O) groups is 1. The molecule has 0 aromatic heterocycles. The van der Waals surface area contributed by atoms with Crippen molar-refractivity contribution in [3.05, 3.63) is 28.2 Å². The van der Waals surface area contributed by atoms with Gasteiger partial charge in [-0.25, -0.2) is 4.79 Å². The molecular weight excluding hydrogens is 286 g/mol. The molecule has 94 valence electrons. The molecule has 0 aliphatic carbocycles. The first-order valence-corrected chi connectivity index (χ1v) is 6.18. The van der Waals surface area contributed by atoms with Crippen LogP contribution in [0.4, 0.5) is 5.69 Å². The van der Waals surface area contributed by atoms with Gasteiger partial charge >= 0.3 is 5.97 Å². The van der Waals surface area contributed by atoms with E-state index in [1.807, 2.05) is 13.8 Å². The van der Waals surface area contributed by atoms with Crippen LogP contribution in [0.3, 0.4) is 0 Å². The number of carboxylic acid groups (broad SMARTS) is 1. The Hall–Kier alpha value is -1.07. The topological polar surface area (TPSA) is 58.6 Å². The largest absolute Gasteiger partial charge is 0.478 e. The summed E-state index contributed by atoms with van der Waals surface area (Å²) in [5.41, 5.74) is 1.13. The number of hydrogen-bond acceptors (Lipinski definition) is 3. The normalized spacial score (nSPS) is 10.6. The SMILES string of the molecule is CC(C)OCCNc1ccc(C(=O)O)cc1Br. The Kier molecular flexibility index (Phi) is 5.44. The predicted octanol–water partition coefficient (Wildman–Crippen LogP) is 2.98. The molecule has 0 aliphatic rings. The van der Waals surface area contributed by atoms with Gasteiger partial charge in [-0.15, -0.1) is 0 Å². The third-order valence-corrected chi connectivity index (χ3v) is 2.74. The molecule has 0 bridgehead atoms. The molecule has 1 aromatic carbocycles. The maximum Gasteiger partial charge on any atom is 0.335 e. The van der Waals surface area contributed by atoms with Gasteiger partial charge in [0.25, 0.3) is 0 Å². The number of nitrogens with one attached hydrogen (secondary N) is 1. The zero-order valence-corrected chi connectivity index (χ0v) is 11.5. The number of halogens is 1. The van der Waals surface area contributed by atoms with Gasteiger partial charge in [0.1, 0.15) is 0 Å². The van der Waals surface area contributed by atoms with Crippen LogP contribution in [0.25, 0.3) is 0 Å². The minimum atomic E-state index is -0.930. The van der Waals surface area contributed by atoms with Crippen molar-refractivity contribution in [2.75, 3.05) is 18.5 Å². The van der Waals surface area contributed by atoms with E-state index in [2.05, 4.69) is 21.2 Å². The standard InChI is InChI=1S/C12H16BrNO3/c1-8(2)17-6-5-14-11-4-3-9(12(15)16)7-10(11)13/h3-4,7-8,14H,5-6H2,1-2H3,(H,15,16). The first-order chi connectivity index (χ1) is 8.00. The molecule has 4 nitrogen and oxygen atoms in total. The average Bonchev–Trinajstić information content (AvgIpc) is 2.25. The van der Waals surface area contributed by atoms with E-state index in [4.69, 9.17) is 9.84 Å². The lowest BCUT2D eigenvalue weighted by molar-refractivity contribution is 0.0696. The minimum absolute atomic E-state index is 0.217. The lowest BCUT2D eigenvalue weighted by atomic mass is 10.2. The van der Waals surface area contributed by atoms with Gasteiger partial charge < -0.3 is 15.2 Å². The summed E-state index contributed by atoms with van der Waals surface area (Å²) < 4.78 is 6.13.